The number of piperidine rings is 1. The number of halogens is 2. The largest absolute Gasteiger partial charge is 0.342 e. The smallest absolute Gasteiger partial charge is 0.222 e. The van der Waals surface area contributed by atoms with E-state index in [0.717, 1.165) is 36.7 Å². The van der Waals surface area contributed by atoms with E-state index in [0.29, 0.717) is 12.3 Å². The van der Waals surface area contributed by atoms with Crippen molar-refractivity contribution in [3.05, 3.63) is 21.3 Å². The third kappa shape index (κ3) is 4.92. The van der Waals surface area contributed by atoms with Gasteiger partial charge in [0, 0.05) is 30.4 Å². The highest BCUT2D eigenvalue weighted by atomic mass is 35.5. The maximum absolute atomic E-state index is 12.2. The van der Waals surface area contributed by atoms with Crippen molar-refractivity contribution < 1.29 is 4.79 Å². The summed E-state index contributed by atoms with van der Waals surface area (Å²) in [7, 11) is 0. The fraction of sp³-hybridized carbons (Fsp3) is 0.643. The second-order valence-corrected chi connectivity index (χ2v) is 7.11. The number of carbonyl (C=O) groups excluding carboxylic acids is 1. The number of hydrogen-bond acceptors (Lipinski definition) is 3. The summed E-state index contributed by atoms with van der Waals surface area (Å²) < 4.78 is 0.789. The average Bonchev–Trinajstić information content (AvgIpc) is 2.82. The van der Waals surface area contributed by atoms with Gasteiger partial charge in [-0.15, -0.1) is 23.7 Å². The zero-order valence-electron chi connectivity index (χ0n) is 11.7. The van der Waals surface area contributed by atoms with Crippen LogP contribution in [0.25, 0.3) is 0 Å². The Morgan fingerprint density at radius 1 is 1.60 bits per heavy atom. The van der Waals surface area contributed by atoms with Crippen LogP contribution >= 0.6 is 35.3 Å². The molecular formula is C14H22Cl2N2OS. The lowest BCUT2D eigenvalue weighted by atomic mass is 9.92. The van der Waals surface area contributed by atoms with Gasteiger partial charge in [0.05, 0.1) is 4.34 Å². The minimum Gasteiger partial charge on any atom is -0.342 e. The number of amides is 1. The average molecular weight is 337 g/mol. The summed E-state index contributed by atoms with van der Waals surface area (Å²) in [6.07, 6.45) is 3.57. The van der Waals surface area contributed by atoms with E-state index in [1.807, 2.05) is 24.0 Å². The second-order valence-electron chi connectivity index (χ2n) is 5.31. The predicted octanol–water partition coefficient (Wildman–Crippen LogP) is 3.34. The SMILES string of the molecule is CC(N)C1CCCN(C(=O)CCc2ccc(Cl)s2)C1.Cl. The van der Waals surface area contributed by atoms with Crippen LogP contribution in [0.1, 0.15) is 31.1 Å². The Morgan fingerprint density at radius 3 is 2.95 bits per heavy atom. The first-order valence-corrected chi connectivity index (χ1v) is 8.03. The quantitative estimate of drug-likeness (QED) is 0.916. The Morgan fingerprint density at radius 2 is 2.35 bits per heavy atom. The van der Waals surface area contributed by atoms with Crippen LogP contribution in [0.3, 0.4) is 0 Å². The molecule has 0 bridgehead atoms. The normalized spacial score (nSPS) is 20.4. The third-order valence-corrected chi connectivity index (χ3v) is 5.06. The van der Waals surface area contributed by atoms with E-state index < -0.39 is 0 Å². The first-order valence-electron chi connectivity index (χ1n) is 6.84. The van der Waals surface area contributed by atoms with E-state index in [2.05, 4.69) is 0 Å². The van der Waals surface area contributed by atoms with E-state index in [1.165, 1.54) is 4.88 Å². The van der Waals surface area contributed by atoms with Crippen LogP contribution in [0.5, 0.6) is 0 Å². The molecule has 2 N–H and O–H groups in total. The Labute approximate surface area is 135 Å². The molecule has 3 nitrogen and oxygen atoms in total. The topological polar surface area (TPSA) is 46.3 Å². The van der Waals surface area contributed by atoms with Crippen LogP contribution in [0.2, 0.25) is 4.34 Å². The zero-order valence-corrected chi connectivity index (χ0v) is 14.1. The standard InChI is InChI=1S/C14H21ClN2OS.ClH/c1-10(16)11-3-2-8-17(9-11)14(18)7-5-12-4-6-13(15)19-12;/h4,6,10-11H,2-3,5,7-9,16H2,1H3;1H. The number of aryl methyl sites for hydroxylation is 1. The van der Waals surface area contributed by atoms with Crippen molar-refractivity contribution in [2.45, 2.75) is 38.6 Å². The summed E-state index contributed by atoms with van der Waals surface area (Å²) in [5, 5.41) is 0. The number of thiophene rings is 1. The van der Waals surface area contributed by atoms with Gasteiger partial charge in [-0.3, -0.25) is 4.79 Å². The predicted molar refractivity (Wildman–Crippen MR) is 87.9 cm³/mol. The van der Waals surface area contributed by atoms with Crippen LogP contribution in [0.15, 0.2) is 12.1 Å². The van der Waals surface area contributed by atoms with Gasteiger partial charge in [-0.2, -0.15) is 0 Å². The van der Waals surface area contributed by atoms with E-state index in [1.54, 1.807) is 11.3 Å². The molecule has 2 unspecified atom stereocenters. The molecule has 0 saturated carbocycles. The van der Waals surface area contributed by atoms with E-state index in [9.17, 15) is 4.79 Å². The highest BCUT2D eigenvalue weighted by molar-refractivity contribution is 7.16. The van der Waals surface area contributed by atoms with Crippen LogP contribution in [-0.4, -0.2) is 29.9 Å². The Hall–Kier alpha value is -0.290. The van der Waals surface area contributed by atoms with Gasteiger partial charge in [0.25, 0.3) is 0 Å². The van der Waals surface area contributed by atoms with Gasteiger partial charge in [0.1, 0.15) is 0 Å². The van der Waals surface area contributed by atoms with E-state index >= 15 is 0 Å². The summed E-state index contributed by atoms with van der Waals surface area (Å²) in [5.41, 5.74) is 5.95. The van der Waals surface area contributed by atoms with Crippen molar-refractivity contribution in [1.29, 1.82) is 0 Å². The molecule has 20 heavy (non-hydrogen) atoms. The molecule has 0 aliphatic carbocycles. The summed E-state index contributed by atoms with van der Waals surface area (Å²) >= 11 is 7.44. The lowest BCUT2D eigenvalue weighted by Gasteiger charge is -2.34. The molecule has 1 aliphatic heterocycles. The van der Waals surface area contributed by atoms with Crippen molar-refractivity contribution in [3.63, 3.8) is 0 Å². The van der Waals surface area contributed by atoms with Crippen molar-refractivity contribution in [3.8, 4) is 0 Å². The van der Waals surface area contributed by atoms with Gasteiger partial charge in [0.2, 0.25) is 5.91 Å². The number of rotatable bonds is 4. The van der Waals surface area contributed by atoms with Crippen LogP contribution in [-0.2, 0) is 11.2 Å². The molecular weight excluding hydrogens is 315 g/mol. The molecule has 1 fully saturated rings. The van der Waals surface area contributed by atoms with Crippen molar-refractivity contribution in [1.82, 2.24) is 4.90 Å². The molecule has 6 heteroatoms. The minimum absolute atomic E-state index is 0. The van der Waals surface area contributed by atoms with Gasteiger partial charge < -0.3 is 10.6 Å². The number of nitrogens with two attached hydrogens (primary N) is 1. The lowest BCUT2D eigenvalue weighted by molar-refractivity contribution is -0.133. The van der Waals surface area contributed by atoms with Gasteiger partial charge in [0.15, 0.2) is 0 Å². The number of nitrogens with zero attached hydrogens (tertiary/aromatic N) is 1. The molecule has 114 valence electrons. The van der Waals surface area contributed by atoms with E-state index in [4.69, 9.17) is 17.3 Å². The molecule has 2 atom stereocenters. The Bertz CT molecular complexity index is 437. The molecule has 0 aromatic carbocycles. The van der Waals surface area contributed by atoms with Crippen molar-refractivity contribution in [2.24, 2.45) is 11.7 Å². The minimum atomic E-state index is 0. The summed E-state index contributed by atoms with van der Waals surface area (Å²) in [5.74, 6) is 0.698. The van der Waals surface area contributed by atoms with Crippen LogP contribution < -0.4 is 5.73 Å². The molecule has 2 heterocycles. The fourth-order valence-corrected chi connectivity index (χ4v) is 3.63. The van der Waals surface area contributed by atoms with Gasteiger partial charge in [-0.25, -0.2) is 0 Å². The molecule has 2 rings (SSSR count). The zero-order chi connectivity index (χ0) is 13.8. The van der Waals surface area contributed by atoms with Crippen LogP contribution in [0, 0.1) is 5.92 Å². The summed E-state index contributed by atoms with van der Waals surface area (Å²) in [4.78, 5) is 15.4. The maximum atomic E-state index is 12.2. The Balaban J connectivity index is 0.00000200. The molecule has 0 radical (unpaired) electrons. The fourth-order valence-electron chi connectivity index (χ4n) is 2.54. The van der Waals surface area contributed by atoms with Gasteiger partial charge in [-0.1, -0.05) is 11.6 Å². The first-order chi connectivity index (χ1) is 9.06. The summed E-state index contributed by atoms with van der Waals surface area (Å²) in [6.45, 7) is 3.74. The van der Waals surface area contributed by atoms with Crippen molar-refractivity contribution in [2.75, 3.05) is 13.1 Å². The van der Waals surface area contributed by atoms with Gasteiger partial charge >= 0.3 is 0 Å². The van der Waals surface area contributed by atoms with Crippen LogP contribution in [0.4, 0.5) is 0 Å². The maximum Gasteiger partial charge on any atom is 0.222 e. The lowest BCUT2D eigenvalue weighted by Crippen LogP contribution is -2.45. The third-order valence-electron chi connectivity index (χ3n) is 3.77. The molecule has 1 amide bonds. The molecule has 1 aliphatic rings. The van der Waals surface area contributed by atoms with E-state index in [-0.39, 0.29) is 24.4 Å². The molecule has 0 spiro atoms. The Kier molecular flexibility index (Phi) is 7.30. The van der Waals surface area contributed by atoms with Gasteiger partial charge in [-0.05, 0) is 44.2 Å². The number of carbonyl (C=O) groups is 1. The number of likely N-dealkylation sites (tertiary alicyclic amines) is 1. The number of hydrogen-bond donors (Lipinski definition) is 1. The highest BCUT2D eigenvalue weighted by Crippen LogP contribution is 2.24. The second kappa shape index (κ2) is 8.23. The molecule has 1 aromatic heterocycles. The summed E-state index contributed by atoms with van der Waals surface area (Å²) in [6, 6.07) is 4.06. The first kappa shape index (κ1) is 17.8. The monoisotopic (exact) mass is 336 g/mol. The highest BCUT2D eigenvalue weighted by Gasteiger charge is 2.25. The molecule has 1 aromatic rings. The molecule has 1 saturated heterocycles. The van der Waals surface area contributed by atoms with Crippen molar-refractivity contribution >= 4 is 41.3 Å².